The topological polar surface area (TPSA) is 32.7 Å². The second kappa shape index (κ2) is 7.21. The van der Waals surface area contributed by atoms with Crippen molar-refractivity contribution in [3.63, 3.8) is 0 Å². The van der Waals surface area contributed by atoms with Crippen molar-refractivity contribution in [1.82, 2.24) is 4.90 Å². The van der Waals surface area contributed by atoms with Gasteiger partial charge < -0.3 is 9.84 Å². The van der Waals surface area contributed by atoms with E-state index in [9.17, 15) is 9.50 Å². The van der Waals surface area contributed by atoms with Crippen LogP contribution in [0, 0.1) is 12.7 Å². The molecule has 0 radical (unpaired) electrons. The average Bonchev–Trinajstić information content (AvgIpc) is 2.58. The van der Waals surface area contributed by atoms with Crippen LogP contribution in [0.25, 0.3) is 0 Å². The van der Waals surface area contributed by atoms with Crippen LogP contribution in [-0.2, 0) is 11.3 Å². The van der Waals surface area contributed by atoms with Gasteiger partial charge >= 0.3 is 0 Å². The van der Waals surface area contributed by atoms with Gasteiger partial charge in [0.2, 0.25) is 0 Å². The van der Waals surface area contributed by atoms with Gasteiger partial charge in [-0.25, -0.2) is 4.39 Å². The summed E-state index contributed by atoms with van der Waals surface area (Å²) >= 11 is 0. The minimum Gasteiger partial charge on any atom is -0.394 e. The fourth-order valence-corrected chi connectivity index (χ4v) is 3.24. The molecule has 1 fully saturated rings. The van der Waals surface area contributed by atoms with Crippen LogP contribution in [0.15, 0.2) is 48.5 Å². The van der Waals surface area contributed by atoms with E-state index in [1.165, 1.54) is 6.07 Å². The van der Waals surface area contributed by atoms with Gasteiger partial charge in [-0.05, 0) is 18.6 Å². The fraction of sp³-hybridized carbons (Fsp3) is 0.368. The molecule has 1 N–H and O–H groups in total. The van der Waals surface area contributed by atoms with Crippen molar-refractivity contribution < 1.29 is 14.2 Å². The summed E-state index contributed by atoms with van der Waals surface area (Å²) in [5, 5.41) is 9.68. The van der Waals surface area contributed by atoms with Crippen molar-refractivity contribution in [3.05, 3.63) is 71.0 Å². The number of ether oxygens (including phenoxy) is 1. The van der Waals surface area contributed by atoms with Crippen LogP contribution in [0.1, 0.15) is 22.7 Å². The first-order chi connectivity index (χ1) is 11.2. The third kappa shape index (κ3) is 3.61. The zero-order chi connectivity index (χ0) is 16.2. The van der Waals surface area contributed by atoms with E-state index in [1.807, 2.05) is 43.3 Å². The molecule has 122 valence electrons. The number of nitrogens with zero attached hydrogens (tertiary/aromatic N) is 1. The maximum atomic E-state index is 14.1. The number of hydrogen-bond donors (Lipinski definition) is 1. The van der Waals surface area contributed by atoms with Gasteiger partial charge in [-0.1, -0.05) is 48.0 Å². The van der Waals surface area contributed by atoms with Gasteiger partial charge in [-0.15, -0.1) is 0 Å². The Morgan fingerprint density at radius 1 is 1.22 bits per heavy atom. The largest absolute Gasteiger partial charge is 0.394 e. The molecule has 2 atom stereocenters. The molecule has 1 aliphatic heterocycles. The van der Waals surface area contributed by atoms with Crippen molar-refractivity contribution >= 4 is 0 Å². The Hall–Kier alpha value is -1.75. The first kappa shape index (κ1) is 16.1. The molecular weight excluding hydrogens is 293 g/mol. The van der Waals surface area contributed by atoms with E-state index in [0.717, 1.165) is 11.1 Å². The van der Waals surface area contributed by atoms with Crippen molar-refractivity contribution in [2.75, 3.05) is 19.8 Å². The summed E-state index contributed by atoms with van der Waals surface area (Å²) in [5.74, 6) is -0.186. The van der Waals surface area contributed by atoms with Gasteiger partial charge in [-0.3, -0.25) is 4.90 Å². The number of halogens is 1. The molecule has 0 amide bonds. The van der Waals surface area contributed by atoms with Crippen LogP contribution < -0.4 is 0 Å². The number of rotatable bonds is 4. The van der Waals surface area contributed by atoms with Gasteiger partial charge in [-0.2, -0.15) is 0 Å². The van der Waals surface area contributed by atoms with Crippen molar-refractivity contribution in [2.45, 2.75) is 25.6 Å². The predicted molar refractivity (Wildman–Crippen MR) is 87.6 cm³/mol. The molecule has 1 heterocycles. The van der Waals surface area contributed by atoms with Gasteiger partial charge in [0.25, 0.3) is 0 Å². The smallest absolute Gasteiger partial charge is 0.127 e. The van der Waals surface area contributed by atoms with Crippen molar-refractivity contribution in [2.24, 2.45) is 0 Å². The number of aliphatic hydroxyl groups is 1. The second-order valence-electron chi connectivity index (χ2n) is 6.01. The zero-order valence-electron chi connectivity index (χ0n) is 13.3. The normalized spacial score (nSPS) is 22.2. The van der Waals surface area contributed by atoms with E-state index < -0.39 is 0 Å². The molecule has 0 aromatic heterocycles. The minimum absolute atomic E-state index is 0.0492. The number of morpholine rings is 1. The standard InChI is InChI=1S/C19H22FNO2/c1-14-7-8-17(20)16(11-14)12-21-9-10-23-18(13-22)19(21)15-5-3-2-4-6-15/h2-8,11,18-19,22H,9-10,12-13H2,1H3/t18-,19-/m1/s1. The first-order valence-electron chi connectivity index (χ1n) is 7.95. The lowest BCUT2D eigenvalue weighted by Gasteiger charge is -2.41. The van der Waals surface area contributed by atoms with E-state index >= 15 is 0 Å². The van der Waals surface area contributed by atoms with E-state index in [4.69, 9.17) is 4.74 Å². The third-order valence-electron chi connectivity index (χ3n) is 4.35. The Balaban J connectivity index is 1.90. The summed E-state index contributed by atoms with van der Waals surface area (Å²) in [6.07, 6.45) is -0.293. The molecule has 2 aromatic carbocycles. The highest BCUT2D eigenvalue weighted by Gasteiger charge is 2.33. The highest BCUT2D eigenvalue weighted by atomic mass is 19.1. The molecule has 0 saturated carbocycles. The van der Waals surface area contributed by atoms with Gasteiger partial charge in [0.05, 0.1) is 19.3 Å². The van der Waals surface area contributed by atoms with Crippen LogP contribution in [0.4, 0.5) is 4.39 Å². The summed E-state index contributed by atoms with van der Waals surface area (Å²) in [5.41, 5.74) is 2.81. The van der Waals surface area contributed by atoms with Crippen LogP contribution in [0.3, 0.4) is 0 Å². The van der Waals surface area contributed by atoms with Crippen molar-refractivity contribution in [1.29, 1.82) is 0 Å². The molecule has 0 bridgehead atoms. The molecule has 1 saturated heterocycles. The highest BCUT2D eigenvalue weighted by Crippen LogP contribution is 2.31. The Labute approximate surface area is 136 Å². The number of aliphatic hydroxyl groups excluding tert-OH is 1. The number of aryl methyl sites for hydroxylation is 1. The van der Waals surface area contributed by atoms with Crippen LogP contribution in [0.5, 0.6) is 0 Å². The molecule has 0 aliphatic carbocycles. The van der Waals surface area contributed by atoms with E-state index in [0.29, 0.717) is 25.3 Å². The first-order valence-corrected chi connectivity index (χ1v) is 7.95. The lowest BCUT2D eigenvalue weighted by atomic mass is 9.97. The maximum absolute atomic E-state index is 14.1. The van der Waals surface area contributed by atoms with E-state index in [2.05, 4.69) is 4.90 Å². The SMILES string of the molecule is Cc1ccc(F)c(CN2CCO[C@H](CO)[C@H]2c2ccccc2)c1. The lowest BCUT2D eigenvalue weighted by molar-refractivity contribution is -0.0962. The number of benzene rings is 2. The Morgan fingerprint density at radius 3 is 2.74 bits per heavy atom. The fourth-order valence-electron chi connectivity index (χ4n) is 3.24. The Kier molecular flexibility index (Phi) is 5.06. The van der Waals surface area contributed by atoms with Crippen LogP contribution in [0.2, 0.25) is 0 Å². The van der Waals surface area contributed by atoms with E-state index in [1.54, 1.807) is 6.07 Å². The highest BCUT2D eigenvalue weighted by molar-refractivity contribution is 5.26. The monoisotopic (exact) mass is 315 g/mol. The maximum Gasteiger partial charge on any atom is 0.127 e. The molecule has 0 unspecified atom stereocenters. The quantitative estimate of drug-likeness (QED) is 0.941. The van der Waals surface area contributed by atoms with Crippen LogP contribution in [-0.4, -0.2) is 35.9 Å². The average molecular weight is 315 g/mol. The van der Waals surface area contributed by atoms with E-state index in [-0.39, 0.29) is 24.6 Å². The summed E-state index contributed by atoms with van der Waals surface area (Å²) < 4.78 is 19.9. The van der Waals surface area contributed by atoms with Gasteiger partial charge in [0.15, 0.2) is 0 Å². The minimum atomic E-state index is -0.293. The summed E-state index contributed by atoms with van der Waals surface area (Å²) in [6, 6.07) is 15.1. The Morgan fingerprint density at radius 2 is 2.00 bits per heavy atom. The molecule has 1 aliphatic rings. The molecular formula is C19H22FNO2. The Bertz CT molecular complexity index is 647. The molecule has 23 heavy (non-hydrogen) atoms. The molecule has 3 nitrogen and oxygen atoms in total. The van der Waals surface area contributed by atoms with Gasteiger partial charge in [0, 0.05) is 18.7 Å². The number of hydrogen-bond acceptors (Lipinski definition) is 3. The second-order valence-corrected chi connectivity index (χ2v) is 6.01. The zero-order valence-corrected chi connectivity index (χ0v) is 13.3. The summed E-state index contributed by atoms with van der Waals surface area (Å²) in [6.45, 7) is 3.68. The van der Waals surface area contributed by atoms with Crippen molar-refractivity contribution in [3.8, 4) is 0 Å². The van der Waals surface area contributed by atoms with Crippen LogP contribution >= 0.6 is 0 Å². The molecule has 4 heteroatoms. The molecule has 0 spiro atoms. The summed E-state index contributed by atoms with van der Waals surface area (Å²) in [7, 11) is 0. The third-order valence-corrected chi connectivity index (χ3v) is 4.35. The molecule has 3 rings (SSSR count). The summed E-state index contributed by atoms with van der Waals surface area (Å²) in [4.78, 5) is 2.19. The molecule has 2 aromatic rings. The van der Waals surface area contributed by atoms with Gasteiger partial charge in [0.1, 0.15) is 11.9 Å². The lowest BCUT2D eigenvalue weighted by Crippen LogP contribution is -2.46. The predicted octanol–water partition coefficient (Wildman–Crippen LogP) is 3.07.